The van der Waals surface area contributed by atoms with Gasteiger partial charge in [0.25, 0.3) is 0 Å². The maximum Gasteiger partial charge on any atom is 0.227 e. The number of carbonyl (C=O) groups excluding carboxylic acids is 1. The monoisotopic (exact) mass is 342 g/mol. The number of rotatable bonds is 7. The molecule has 1 aromatic carbocycles. The molecule has 0 unspecified atom stereocenters. The van der Waals surface area contributed by atoms with Crippen molar-refractivity contribution < 1.29 is 14.3 Å². The minimum Gasteiger partial charge on any atom is -0.489 e. The van der Waals surface area contributed by atoms with Crippen LogP contribution in [0, 0.1) is 5.92 Å². The van der Waals surface area contributed by atoms with E-state index >= 15 is 0 Å². The van der Waals surface area contributed by atoms with E-state index in [1.165, 1.54) is 5.56 Å². The molecule has 0 saturated carbocycles. The maximum atomic E-state index is 12.1. The number of nitrogens with one attached hydrogen (secondary N) is 1. The summed E-state index contributed by atoms with van der Waals surface area (Å²) >= 11 is 0. The SMILES string of the molecule is C=CCOc1ccc(CN2C[C@H]3COC[C@@H](C2)C(=O)N3)cc1CC=C. The van der Waals surface area contributed by atoms with Gasteiger partial charge in [-0.3, -0.25) is 9.69 Å². The first-order chi connectivity index (χ1) is 12.2. The van der Waals surface area contributed by atoms with Crippen molar-refractivity contribution in [2.24, 2.45) is 5.92 Å². The lowest BCUT2D eigenvalue weighted by molar-refractivity contribution is -0.125. The number of nitrogens with zero attached hydrogens (tertiary/aromatic N) is 1. The van der Waals surface area contributed by atoms with E-state index in [-0.39, 0.29) is 17.9 Å². The third kappa shape index (κ3) is 4.50. The molecule has 0 radical (unpaired) electrons. The van der Waals surface area contributed by atoms with Gasteiger partial charge >= 0.3 is 0 Å². The molecule has 0 aromatic heterocycles. The van der Waals surface area contributed by atoms with Crippen molar-refractivity contribution in [1.82, 2.24) is 10.2 Å². The second-order valence-corrected chi connectivity index (χ2v) is 6.67. The van der Waals surface area contributed by atoms with Crippen LogP contribution in [-0.2, 0) is 22.5 Å². The van der Waals surface area contributed by atoms with Gasteiger partial charge < -0.3 is 14.8 Å². The van der Waals surface area contributed by atoms with Crippen LogP contribution in [0.15, 0.2) is 43.5 Å². The predicted octanol–water partition coefficient (Wildman–Crippen LogP) is 1.93. The normalized spacial score (nSPS) is 23.4. The van der Waals surface area contributed by atoms with Gasteiger partial charge in [0.05, 0.1) is 25.2 Å². The van der Waals surface area contributed by atoms with E-state index in [1.54, 1.807) is 6.08 Å². The Morgan fingerprint density at radius 2 is 2.16 bits per heavy atom. The second-order valence-electron chi connectivity index (χ2n) is 6.67. The first-order valence-corrected chi connectivity index (χ1v) is 8.76. The molecule has 1 aromatic rings. The number of amides is 1. The summed E-state index contributed by atoms with van der Waals surface area (Å²) in [7, 11) is 0. The second kappa shape index (κ2) is 8.32. The van der Waals surface area contributed by atoms with Gasteiger partial charge in [-0.25, -0.2) is 0 Å². The molecule has 25 heavy (non-hydrogen) atoms. The van der Waals surface area contributed by atoms with Gasteiger partial charge in [-0.15, -0.1) is 6.58 Å². The average molecular weight is 342 g/mol. The molecule has 134 valence electrons. The van der Waals surface area contributed by atoms with Gasteiger partial charge in [0.15, 0.2) is 0 Å². The Kier molecular flexibility index (Phi) is 5.89. The molecular weight excluding hydrogens is 316 g/mol. The Morgan fingerprint density at radius 1 is 1.28 bits per heavy atom. The zero-order chi connectivity index (χ0) is 17.6. The molecule has 2 heterocycles. The number of ether oxygens (including phenoxy) is 2. The highest BCUT2D eigenvalue weighted by Crippen LogP contribution is 2.23. The molecule has 2 saturated heterocycles. The van der Waals surface area contributed by atoms with Gasteiger partial charge in [-0.2, -0.15) is 0 Å². The smallest absolute Gasteiger partial charge is 0.227 e. The Morgan fingerprint density at radius 3 is 2.96 bits per heavy atom. The van der Waals surface area contributed by atoms with Crippen molar-refractivity contribution in [2.75, 3.05) is 32.9 Å². The minimum atomic E-state index is -0.0876. The Hall–Kier alpha value is -2.11. The van der Waals surface area contributed by atoms with E-state index in [0.717, 1.165) is 37.4 Å². The molecule has 2 atom stereocenters. The van der Waals surface area contributed by atoms with E-state index in [0.29, 0.717) is 19.8 Å². The summed E-state index contributed by atoms with van der Waals surface area (Å²) in [5.41, 5.74) is 2.35. The summed E-state index contributed by atoms with van der Waals surface area (Å²) in [5.74, 6) is 0.905. The summed E-state index contributed by atoms with van der Waals surface area (Å²) in [6, 6.07) is 6.36. The highest BCUT2D eigenvalue weighted by molar-refractivity contribution is 5.79. The van der Waals surface area contributed by atoms with Crippen LogP contribution in [-0.4, -0.2) is 49.8 Å². The third-order valence-electron chi connectivity index (χ3n) is 4.56. The zero-order valence-corrected chi connectivity index (χ0v) is 14.6. The highest BCUT2D eigenvalue weighted by Gasteiger charge is 2.33. The first-order valence-electron chi connectivity index (χ1n) is 8.76. The molecule has 2 bridgehead atoms. The van der Waals surface area contributed by atoms with Crippen LogP contribution in [0.2, 0.25) is 0 Å². The number of benzene rings is 1. The molecule has 2 aliphatic heterocycles. The molecule has 1 amide bonds. The van der Waals surface area contributed by atoms with Crippen LogP contribution >= 0.6 is 0 Å². The molecule has 2 aliphatic rings. The molecule has 1 N–H and O–H groups in total. The molecular formula is C20H26N2O3. The fourth-order valence-corrected chi connectivity index (χ4v) is 3.44. The fraction of sp³-hybridized carbons (Fsp3) is 0.450. The largest absolute Gasteiger partial charge is 0.489 e. The quantitative estimate of drug-likeness (QED) is 0.770. The molecule has 0 aliphatic carbocycles. The molecule has 0 spiro atoms. The van der Waals surface area contributed by atoms with Gasteiger partial charge in [0.1, 0.15) is 12.4 Å². The zero-order valence-electron chi connectivity index (χ0n) is 14.6. The van der Waals surface area contributed by atoms with Gasteiger partial charge in [0.2, 0.25) is 5.91 Å². The van der Waals surface area contributed by atoms with Crippen molar-refractivity contribution in [3.63, 3.8) is 0 Å². The van der Waals surface area contributed by atoms with Gasteiger partial charge in [0, 0.05) is 19.6 Å². The van der Waals surface area contributed by atoms with Crippen molar-refractivity contribution >= 4 is 5.91 Å². The van der Waals surface area contributed by atoms with Crippen LogP contribution in [0.3, 0.4) is 0 Å². The summed E-state index contributed by atoms with van der Waals surface area (Å²) in [6.07, 6.45) is 4.39. The van der Waals surface area contributed by atoms with E-state index in [1.807, 2.05) is 12.1 Å². The predicted molar refractivity (Wildman–Crippen MR) is 97.6 cm³/mol. The summed E-state index contributed by atoms with van der Waals surface area (Å²) < 4.78 is 11.3. The summed E-state index contributed by atoms with van der Waals surface area (Å²) in [6.45, 7) is 11.5. The van der Waals surface area contributed by atoms with Gasteiger partial charge in [-0.05, 0) is 23.6 Å². The van der Waals surface area contributed by atoms with E-state index in [2.05, 4.69) is 35.5 Å². The first kappa shape index (κ1) is 17.7. The highest BCUT2D eigenvalue weighted by atomic mass is 16.5. The fourth-order valence-electron chi connectivity index (χ4n) is 3.44. The molecule has 2 fully saturated rings. The number of allylic oxidation sites excluding steroid dienone is 1. The van der Waals surface area contributed by atoms with Crippen LogP contribution in [0.4, 0.5) is 0 Å². The standard InChI is InChI=1S/C20H26N2O3/c1-3-5-16-9-15(6-7-19(16)25-8-4-2)10-22-11-17-13-24-14-18(12-22)21-20(17)23/h3-4,6-7,9,17-18H,1-2,5,8,10-14H2,(H,21,23)/t17-,18+/m1/s1. The van der Waals surface area contributed by atoms with Crippen molar-refractivity contribution in [3.05, 3.63) is 54.6 Å². The van der Waals surface area contributed by atoms with Crippen LogP contribution < -0.4 is 10.1 Å². The number of hydrogen-bond acceptors (Lipinski definition) is 4. The third-order valence-corrected chi connectivity index (χ3v) is 4.56. The van der Waals surface area contributed by atoms with Crippen LogP contribution in [0.25, 0.3) is 0 Å². The van der Waals surface area contributed by atoms with E-state index in [4.69, 9.17) is 9.47 Å². The van der Waals surface area contributed by atoms with E-state index in [9.17, 15) is 4.79 Å². The molecule has 5 nitrogen and oxygen atoms in total. The number of fused-ring (bicyclic) bond motifs is 3. The Labute approximate surface area is 149 Å². The molecule has 5 heteroatoms. The topological polar surface area (TPSA) is 50.8 Å². The van der Waals surface area contributed by atoms with E-state index < -0.39 is 0 Å². The Balaban J connectivity index is 1.73. The Bertz CT molecular complexity index is 644. The van der Waals surface area contributed by atoms with Crippen molar-refractivity contribution in [1.29, 1.82) is 0 Å². The lowest BCUT2D eigenvalue weighted by Crippen LogP contribution is -2.41. The summed E-state index contributed by atoms with van der Waals surface area (Å²) in [4.78, 5) is 14.5. The van der Waals surface area contributed by atoms with Crippen LogP contribution in [0.1, 0.15) is 11.1 Å². The lowest BCUT2D eigenvalue weighted by atomic mass is 10.1. The lowest BCUT2D eigenvalue weighted by Gasteiger charge is -2.27. The summed E-state index contributed by atoms with van der Waals surface area (Å²) in [5, 5.41) is 3.07. The molecule has 3 rings (SSSR count). The maximum absolute atomic E-state index is 12.1. The number of hydrogen-bond donors (Lipinski definition) is 1. The minimum absolute atomic E-state index is 0.0721. The average Bonchev–Trinajstić information content (AvgIpc) is 2.83. The number of carbonyl (C=O) groups is 1. The van der Waals surface area contributed by atoms with Gasteiger partial charge in [-0.1, -0.05) is 30.9 Å². The van der Waals surface area contributed by atoms with Crippen LogP contribution in [0.5, 0.6) is 5.75 Å². The van der Waals surface area contributed by atoms with Crippen molar-refractivity contribution in [3.8, 4) is 5.75 Å². The van der Waals surface area contributed by atoms with Crippen molar-refractivity contribution in [2.45, 2.75) is 19.0 Å².